The van der Waals surface area contributed by atoms with Crippen LogP contribution in [0.3, 0.4) is 0 Å². The molecular formula is C41H41Cl2N3O8. The van der Waals surface area contributed by atoms with E-state index in [1.54, 1.807) is 42.5 Å². The van der Waals surface area contributed by atoms with Crippen LogP contribution in [0.5, 0.6) is 23.0 Å². The number of hydrazine groups is 1. The molecule has 3 aromatic carbocycles. The number of ether oxygens (including phenoxy) is 3. The molecule has 11 nitrogen and oxygen atoms in total. The number of benzene rings is 3. The van der Waals surface area contributed by atoms with Crippen LogP contribution in [0.4, 0.5) is 5.69 Å². The van der Waals surface area contributed by atoms with Gasteiger partial charge in [-0.05, 0) is 67.5 Å². The normalized spacial score (nSPS) is 28.0. The fraction of sp³-hybridized carbons (Fsp3) is 0.415. The zero-order chi connectivity index (χ0) is 38.1. The Morgan fingerprint density at radius 3 is 2.20 bits per heavy atom. The number of allylic oxidation sites excluding steroid dienone is 2. The molecule has 54 heavy (non-hydrogen) atoms. The second-order valence-corrected chi connectivity index (χ2v) is 15.7. The minimum Gasteiger partial charge on any atom is -0.507 e. The van der Waals surface area contributed by atoms with Gasteiger partial charge in [0.15, 0.2) is 0 Å². The standard InChI is InChI=1S/C41H41Cl2N3O8/c1-52-24-12-9-21(10-13-24)41-29(38(49)46(40(41)51)44-31-16-11-22(42)17-30(31)43)20-28-26(36(41)35-32(47)18-25(53-2)19-33(35)54-3)14-15-27-34(28)39(50)45(37(27)48)23-7-5-4-6-8-23/h9-14,16-19,23,27-29,34,36,44,47H,4-8,15,20H2,1-3H3/t27-,28+,29-,34-,36+,41+/m0/s1. The molecule has 4 fully saturated rings. The number of phenolic OH excluding ortho intramolecular Hbond substituents is 1. The summed E-state index contributed by atoms with van der Waals surface area (Å²) in [6.07, 6.45) is 6.84. The highest BCUT2D eigenvalue weighted by Crippen LogP contribution is 2.66. The Labute approximate surface area is 323 Å². The number of likely N-dealkylation sites (tertiary alicyclic amines) is 1. The number of aromatic hydroxyl groups is 1. The quantitative estimate of drug-likeness (QED) is 0.183. The summed E-state index contributed by atoms with van der Waals surface area (Å²) in [6.45, 7) is 0. The average Bonchev–Trinajstić information content (AvgIpc) is 3.56. The molecule has 0 bridgehead atoms. The van der Waals surface area contributed by atoms with Gasteiger partial charge in [0, 0.05) is 34.7 Å². The van der Waals surface area contributed by atoms with Gasteiger partial charge >= 0.3 is 0 Å². The summed E-state index contributed by atoms with van der Waals surface area (Å²) >= 11 is 12.8. The lowest BCUT2D eigenvalue weighted by Gasteiger charge is -2.50. The summed E-state index contributed by atoms with van der Waals surface area (Å²) in [5.41, 5.74) is 3.07. The molecule has 3 aliphatic carbocycles. The molecule has 2 saturated carbocycles. The zero-order valence-corrected chi connectivity index (χ0v) is 31.7. The summed E-state index contributed by atoms with van der Waals surface area (Å²) in [5.74, 6) is -4.65. The molecule has 2 aliphatic heterocycles. The largest absolute Gasteiger partial charge is 0.507 e. The second-order valence-electron chi connectivity index (χ2n) is 14.8. The first-order valence-electron chi connectivity index (χ1n) is 18.3. The fourth-order valence-electron chi connectivity index (χ4n) is 10.0. The number of amides is 4. The van der Waals surface area contributed by atoms with Gasteiger partial charge in [-0.2, -0.15) is 5.01 Å². The highest BCUT2D eigenvalue weighted by Gasteiger charge is 2.71. The maximum atomic E-state index is 15.5. The number of imide groups is 2. The van der Waals surface area contributed by atoms with E-state index in [0.717, 1.165) is 37.1 Å². The van der Waals surface area contributed by atoms with Crippen molar-refractivity contribution in [3.63, 3.8) is 0 Å². The van der Waals surface area contributed by atoms with Crippen LogP contribution in [-0.4, -0.2) is 66.0 Å². The fourth-order valence-corrected chi connectivity index (χ4v) is 10.5. The maximum absolute atomic E-state index is 15.5. The lowest BCUT2D eigenvalue weighted by atomic mass is 9.49. The van der Waals surface area contributed by atoms with Crippen molar-refractivity contribution in [3.05, 3.63) is 87.4 Å². The van der Waals surface area contributed by atoms with E-state index < -0.39 is 46.8 Å². The van der Waals surface area contributed by atoms with Crippen LogP contribution < -0.4 is 19.6 Å². The number of nitrogens with zero attached hydrogens (tertiary/aromatic N) is 2. The summed E-state index contributed by atoms with van der Waals surface area (Å²) in [5, 5.41) is 13.5. The van der Waals surface area contributed by atoms with Gasteiger partial charge in [0.2, 0.25) is 11.8 Å². The van der Waals surface area contributed by atoms with E-state index in [-0.39, 0.29) is 58.5 Å². The van der Waals surface area contributed by atoms with Crippen molar-refractivity contribution < 1.29 is 38.5 Å². The van der Waals surface area contributed by atoms with Crippen LogP contribution in [0.25, 0.3) is 0 Å². The number of nitrogens with one attached hydrogen (secondary N) is 1. The van der Waals surface area contributed by atoms with Gasteiger partial charge in [0.25, 0.3) is 11.8 Å². The third-order valence-electron chi connectivity index (χ3n) is 12.4. The summed E-state index contributed by atoms with van der Waals surface area (Å²) in [7, 11) is 4.46. The predicted octanol–water partition coefficient (Wildman–Crippen LogP) is 7.04. The van der Waals surface area contributed by atoms with Crippen LogP contribution in [-0.2, 0) is 24.6 Å². The maximum Gasteiger partial charge on any atom is 0.260 e. The third-order valence-corrected chi connectivity index (χ3v) is 12.9. The molecule has 0 radical (unpaired) electrons. The van der Waals surface area contributed by atoms with Gasteiger partial charge in [-0.3, -0.25) is 29.5 Å². The SMILES string of the molecule is COc1ccc([C@@]23C(=O)N(Nc4ccc(Cl)cc4Cl)C(=O)[C@@H]2C[C@@H]2C(=CC[C@@H]4C(=O)N(C5CCCCC5)C(=O)[C@@H]42)[C@@H]3c2c(O)cc(OC)cc2OC)cc1. The first-order valence-corrected chi connectivity index (χ1v) is 19.1. The van der Waals surface area contributed by atoms with Gasteiger partial charge in [-0.15, -0.1) is 0 Å². The topological polar surface area (TPSA) is 135 Å². The highest BCUT2D eigenvalue weighted by molar-refractivity contribution is 6.36. The van der Waals surface area contributed by atoms with Crippen molar-refractivity contribution >= 4 is 52.5 Å². The van der Waals surface area contributed by atoms with E-state index in [9.17, 15) is 14.7 Å². The lowest BCUT2D eigenvalue weighted by Crippen LogP contribution is -2.53. The Morgan fingerprint density at radius 2 is 1.54 bits per heavy atom. The van der Waals surface area contributed by atoms with Crippen LogP contribution in [0.2, 0.25) is 10.0 Å². The van der Waals surface area contributed by atoms with Gasteiger partial charge in [-0.25, -0.2) is 0 Å². The molecule has 5 aliphatic rings. The molecule has 13 heteroatoms. The summed E-state index contributed by atoms with van der Waals surface area (Å²) < 4.78 is 16.9. The predicted molar refractivity (Wildman–Crippen MR) is 201 cm³/mol. The van der Waals surface area contributed by atoms with Crippen LogP contribution in [0, 0.1) is 23.7 Å². The minimum atomic E-state index is -1.67. The van der Waals surface area contributed by atoms with Crippen molar-refractivity contribution in [1.29, 1.82) is 0 Å². The van der Waals surface area contributed by atoms with Crippen LogP contribution in [0.15, 0.2) is 66.2 Å². The molecule has 6 atom stereocenters. The van der Waals surface area contributed by atoms with Crippen molar-refractivity contribution in [2.24, 2.45) is 23.7 Å². The zero-order valence-electron chi connectivity index (χ0n) is 30.1. The van der Waals surface area contributed by atoms with Crippen LogP contribution >= 0.6 is 23.2 Å². The molecular weight excluding hydrogens is 733 g/mol. The van der Waals surface area contributed by atoms with Gasteiger partial charge < -0.3 is 19.3 Å². The number of methoxy groups -OCH3 is 3. The molecule has 0 spiro atoms. The number of phenols is 1. The van der Waals surface area contributed by atoms with Crippen molar-refractivity contribution in [2.75, 3.05) is 26.8 Å². The Hall–Kier alpha value is -4.74. The molecule has 3 aromatic rings. The van der Waals surface area contributed by atoms with Crippen molar-refractivity contribution in [1.82, 2.24) is 9.91 Å². The summed E-state index contributed by atoms with van der Waals surface area (Å²) in [4.78, 5) is 60.8. The molecule has 0 unspecified atom stereocenters. The Kier molecular flexibility index (Phi) is 9.29. The Balaban J connectivity index is 1.36. The first-order chi connectivity index (χ1) is 26.0. The van der Waals surface area contributed by atoms with Gasteiger partial charge in [0.05, 0.1) is 55.2 Å². The Morgan fingerprint density at radius 1 is 0.815 bits per heavy atom. The molecule has 0 aromatic heterocycles. The number of carbonyl (C=O) groups is 4. The average molecular weight is 775 g/mol. The monoisotopic (exact) mass is 773 g/mol. The van der Waals surface area contributed by atoms with E-state index in [1.807, 2.05) is 6.08 Å². The Bertz CT molecular complexity index is 2080. The number of rotatable bonds is 8. The minimum absolute atomic E-state index is 0.101. The van der Waals surface area contributed by atoms with E-state index >= 15 is 9.59 Å². The molecule has 4 amide bonds. The third kappa shape index (κ3) is 5.37. The van der Waals surface area contributed by atoms with Crippen molar-refractivity contribution in [3.8, 4) is 23.0 Å². The summed E-state index contributed by atoms with van der Waals surface area (Å²) in [6, 6.07) is 14.6. The number of carbonyl (C=O) groups excluding carboxylic acids is 4. The number of fused-ring (bicyclic) bond motifs is 4. The van der Waals surface area contributed by atoms with E-state index in [1.165, 1.54) is 38.4 Å². The molecule has 8 rings (SSSR count). The smallest absolute Gasteiger partial charge is 0.260 e. The highest BCUT2D eigenvalue weighted by atomic mass is 35.5. The number of hydrogen-bond acceptors (Lipinski definition) is 9. The second kappa shape index (κ2) is 13.8. The van der Waals surface area contributed by atoms with E-state index in [0.29, 0.717) is 27.7 Å². The van der Waals surface area contributed by atoms with Crippen molar-refractivity contribution in [2.45, 2.75) is 62.3 Å². The lowest BCUT2D eigenvalue weighted by molar-refractivity contribution is -0.144. The van der Waals surface area contributed by atoms with Gasteiger partial charge in [0.1, 0.15) is 23.0 Å². The first kappa shape index (κ1) is 36.2. The molecule has 2 heterocycles. The number of anilines is 1. The van der Waals surface area contributed by atoms with Crippen LogP contribution in [0.1, 0.15) is 62.0 Å². The molecule has 282 valence electrons. The van der Waals surface area contributed by atoms with Gasteiger partial charge in [-0.1, -0.05) is 66.2 Å². The van der Waals surface area contributed by atoms with E-state index in [2.05, 4.69) is 5.43 Å². The number of halogens is 2. The molecule has 2 N–H and O–H groups in total. The van der Waals surface area contributed by atoms with E-state index in [4.69, 9.17) is 37.4 Å². The molecule has 2 saturated heterocycles. The number of hydrogen-bond donors (Lipinski definition) is 2.